The largest absolute Gasteiger partial charge is 0.345 e. The van der Waals surface area contributed by atoms with E-state index < -0.39 is 7.84 Å². The van der Waals surface area contributed by atoms with Gasteiger partial charge in [0, 0.05) is 0 Å². The van der Waals surface area contributed by atoms with Crippen LogP contribution < -0.4 is 0 Å². The van der Waals surface area contributed by atoms with Crippen LogP contribution in [-0.4, -0.2) is 12.8 Å². The zero-order valence-corrected chi connectivity index (χ0v) is 11.4. The Morgan fingerprint density at radius 3 is 1.53 bits per heavy atom. The molecule has 0 aliphatic carbocycles. The Morgan fingerprint density at radius 1 is 0.933 bits per heavy atom. The monoisotopic (exact) mass is 331 g/mol. The first-order valence-electron chi connectivity index (χ1n) is 3.36. The number of rotatable bonds is 4. The molecule has 1 heterocycles. The van der Waals surface area contributed by atoms with Crippen molar-refractivity contribution in [1.29, 1.82) is 0 Å². The van der Waals surface area contributed by atoms with Gasteiger partial charge < -0.3 is 4.98 Å². The number of aromatic amines is 1. The lowest BCUT2D eigenvalue weighted by Crippen LogP contribution is -1.96. The Morgan fingerprint density at radius 2 is 1.27 bits per heavy atom. The normalized spacial score (nSPS) is 13.2. The molecule has 9 heteroatoms. The number of alkyl halides is 6. The summed E-state index contributed by atoms with van der Waals surface area (Å²) in [7, 11) is 0. The van der Waals surface area contributed by atoms with Crippen molar-refractivity contribution in [3.8, 4) is 0 Å². The summed E-state index contributed by atoms with van der Waals surface area (Å²) >= 11 is 21.5. The van der Waals surface area contributed by atoms with Crippen LogP contribution in [0.3, 0.4) is 0 Å². The van der Waals surface area contributed by atoms with Gasteiger partial charge in [-0.15, -0.1) is 0 Å². The summed E-state index contributed by atoms with van der Waals surface area (Å²) in [5.41, 5.74) is 0. The minimum Gasteiger partial charge on any atom is -0.345 e. The van der Waals surface area contributed by atoms with Crippen LogP contribution in [0.25, 0.3) is 0 Å². The van der Waals surface area contributed by atoms with Gasteiger partial charge in [0.1, 0.15) is 0 Å². The van der Waals surface area contributed by atoms with Gasteiger partial charge in [-0.2, -0.15) is 8.78 Å². The van der Waals surface area contributed by atoms with Crippen LogP contribution in [-0.2, 0) is 0 Å². The van der Waals surface area contributed by atoms with Crippen molar-refractivity contribution in [2.45, 2.75) is 17.9 Å². The van der Waals surface area contributed by atoms with Gasteiger partial charge in [0.15, 0.2) is 0 Å². The molecule has 0 saturated heterocycles. The second-order valence-electron chi connectivity index (χ2n) is 2.28. The van der Waals surface area contributed by atoms with Crippen LogP contribution in [0.15, 0.2) is 22.2 Å². The highest BCUT2D eigenvalue weighted by Crippen LogP contribution is 2.44. The summed E-state index contributed by atoms with van der Waals surface area (Å²) in [6, 6.07) is 2.96. The predicted molar refractivity (Wildman–Crippen MR) is 63.6 cm³/mol. The van der Waals surface area contributed by atoms with Gasteiger partial charge >= 0.3 is 7.84 Å². The van der Waals surface area contributed by atoms with Gasteiger partial charge in [-0.05, 0) is 35.7 Å². The van der Waals surface area contributed by atoms with Gasteiger partial charge in [-0.3, -0.25) is 0 Å². The fourth-order valence-corrected chi connectivity index (χ4v) is 2.88. The third-order valence-corrected chi connectivity index (χ3v) is 3.39. The van der Waals surface area contributed by atoms with Gasteiger partial charge in [0.05, 0.1) is 10.1 Å². The van der Waals surface area contributed by atoms with E-state index in [2.05, 4.69) is 4.98 Å². The van der Waals surface area contributed by atoms with Crippen LogP contribution >= 0.6 is 69.9 Å². The average Bonchev–Trinajstić information content (AvgIpc) is 2.28. The molecule has 1 aromatic rings. The molecule has 0 spiro atoms. The molecule has 0 atom stereocenters. The van der Waals surface area contributed by atoms with Crippen LogP contribution in [0.1, 0.15) is 0 Å². The van der Waals surface area contributed by atoms with E-state index in [1.807, 2.05) is 0 Å². The lowest BCUT2D eigenvalue weighted by molar-refractivity contribution is 0.514. The van der Waals surface area contributed by atoms with Crippen LogP contribution in [0.2, 0.25) is 0 Å². The highest BCUT2D eigenvalue weighted by Gasteiger charge is 2.27. The number of hydrogen-bond acceptors (Lipinski definition) is 2. The van der Waals surface area contributed by atoms with E-state index in [-0.39, 0.29) is 0 Å². The van der Waals surface area contributed by atoms with Crippen molar-refractivity contribution in [2.24, 2.45) is 0 Å². The number of halogens is 6. The van der Waals surface area contributed by atoms with E-state index >= 15 is 0 Å². The zero-order valence-electron chi connectivity index (χ0n) is 6.74. The van der Waals surface area contributed by atoms with Gasteiger partial charge in [0.2, 0.25) is 0 Å². The molecule has 0 aliphatic heterocycles. The van der Waals surface area contributed by atoms with Crippen LogP contribution in [0.5, 0.6) is 0 Å². The smallest absolute Gasteiger partial charge is 0.310 e. The Hall–Kier alpha value is 1.00. The molecular weight excluding hydrogens is 330 g/mol. The maximum atomic E-state index is 12.8. The summed E-state index contributed by atoms with van der Waals surface area (Å²) in [6.45, 7) is 0. The Labute approximate surface area is 113 Å². The first-order chi connectivity index (χ1) is 6.66. The number of aromatic nitrogens is 1. The molecule has 0 bridgehead atoms. The maximum Gasteiger partial charge on any atom is 0.310 e. The van der Waals surface area contributed by atoms with Crippen molar-refractivity contribution >= 4 is 69.9 Å². The van der Waals surface area contributed by atoms with Gasteiger partial charge in [0.25, 0.3) is 0 Å². The molecule has 1 nitrogen and oxygen atoms in total. The SMILES string of the molecule is FC(Cl)(Cl)Sc1ccc(SC(F)(Cl)Cl)[nH]1. The Bertz CT molecular complexity index is 302. The van der Waals surface area contributed by atoms with Crippen molar-refractivity contribution in [3.63, 3.8) is 0 Å². The minimum atomic E-state index is -2.44. The number of nitrogens with one attached hydrogen (secondary N) is 1. The molecule has 0 aliphatic rings. The fourth-order valence-electron chi connectivity index (χ4n) is 0.725. The van der Waals surface area contributed by atoms with Crippen LogP contribution in [0, 0.1) is 0 Å². The van der Waals surface area contributed by atoms with Crippen molar-refractivity contribution in [2.75, 3.05) is 0 Å². The maximum absolute atomic E-state index is 12.8. The molecule has 0 fully saturated rings. The highest BCUT2D eigenvalue weighted by atomic mass is 35.5. The number of thioether (sulfide) groups is 2. The first-order valence-corrected chi connectivity index (χ1v) is 6.51. The minimum absolute atomic E-state index is 0.336. The predicted octanol–water partition coefficient (Wildman–Crippen LogP) is 5.32. The van der Waals surface area contributed by atoms with Crippen molar-refractivity contribution in [3.05, 3.63) is 12.1 Å². The van der Waals surface area contributed by atoms with Gasteiger partial charge in [-0.1, -0.05) is 46.4 Å². The lowest BCUT2D eigenvalue weighted by Gasteiger charge is -2.07. The zero-order chi connectivity index (χ0) is 11.7. The molecule has 1 N–H and O–H groups in total. The van der Waals surface area contributed by atoms with Crippen molar-refractivity contribution in [1.82, 2.24) is 4.98 Å². The molecule has 0 saturated carbocycles. The number of hydrogen-bond donors (Lipinski definition) is 1. The van der Waals surface area contributed by atoms with E-state index in [4.69, 9.17) is 46.4 Å². The third-order valence-electron chi connectivity index (χ3n) is 1.08. The molecule has 86 valence electrons. The standard InChI is InChI=1S/C6H3Cl4F2NS2/c7-5(8,11)14-3-1-2-4(13-3)15-6(9,10)12/h1-2,13H. The summed E-state index contributed by atoms with van der Waals surface area (Å²) in [5.74, 6) is 0. The van der Waals surface area contributed by atoms with E-state index in [0.717, 1.165) is 0 Å². The molecule has 0 unspecified atom stereocenters. The summed E-state index contributed by atoms with van der Waals surface area (Å²) in [4.78, 5) is 2.63. The second kappa shape index (κ2) is 5.10. The quantitative estimate of drug-likeness (QED) is 0.593. The van der Waals surface area contributed by atoms with Gasteiger partial charge in [-0.25, -0.2) is 0 Å². The molecule has 0 radical (unpaired) electrons. The summed E-state index contributed by atoms with van der Waals surface area (Å²) in [6.07, 6.45) is 0. The molecular formula is C6H3Cl4F2NS2. The summed E-state index contributed by atoms with van der Waals surface area (Å²) < 4.78 is 20.6. The first kappa shape index (κ1) is 14.1. The molecule has 15 heavy (non-hydrogen) atoms. The highest BCUT2D eigenvalue weighted by molar-refractivity contribution is 8.03. The van der Waals surface area contributed by atoms with Crippen molar-refractivity contribution < 1.29 is 8.78 Å². The van der Waals surface area contributed by atoms with E-state index in [1.54, 1.807) is 0 Å². The fraction of sp³-hybridized carbons (Fsp3) is 0.333. The Kier molecular flexibility index (Phi) is 4.79. The Balaban J connectivity index is 2.65. The third kappa shape index (κ3) is 6.34. The molecule has 1 rings (SSSR count). The van der Waals surface area contributed by atoms with E-state index in [1.165, 1.54) is 12.1 Å². The van der Waals surface area contributed by atoms with E-state index in [0.29, 0.717) is 33.6 Å². The summed E-state index contributed by atoms with van der Waals surface area (Å²) in [5, 5.41) is 0.671. The topological polar surface area (TPSA) is 15.8 Å². The van der Waals surface area contributed by atoms with E-state index in [9.17, 15) is 8.78 Å². The lowest BCUT2D eigenvalue weighted by atomic mass is 10.7. The van der Waals surface area contributed by atoms with Crippen LogP contribution in [0.4, 0.5) is 8.78 Å². The second-order valence-corrected chi connectivity index (χ2v) is 8.06. The molecule has 0 amide bonds. The number of H-pyrrole nitrogens is 1. The average molecular weight is 333 g/mol. The molecule has 0 aromatic carbocycles. The molecule has 1 aromatic heterocycles.